The number of piperidine rings is 1. The molecule has 0 radical (unpaired) electrons. The Hall–Kier alpha value is -0.0800. The van der Waals surface area contributed by atoms with Crippen LogP contribution in [0, 0.1) is 17.3 Å². The average Bonchev–Trinajstić information content (AvgIpc) is 2.46. The molecule has 2 atom stereocenters. The second kappa shape index (κ2) is 7.00. The zero-order valence-corrected chi connectivity index (χ0v) is 14.4. The van der Waals surface area contributed by atoms with Crippen molar-refractivity contribution in [3.8, 4) is 0 Å². The maximum Gasteiger partial charge on any atom is 0.0136 e. The van der Waals surface area contributed by atoms with Gasteiger partial charge in [-0.25, -0.2) is 0 Å². The quantitative estimate of drug-likeness (QED) is 0.822. The molecule has 1 N–H and O–H groups in total. The van der Waals surface area contributed by atoms with Gasteiger partial charge in [0.2, 0.25) is 0 Å². The van der Waals surface area contributed by atoms with Gasteiger partial charge in [-0.2, -0.15) is 0 Å². The van der Waals surface area contributed by atoms with Gasteiger partial charge in [-0.3, -0.25) is 0 Å². The normalized spacial score (nSPS) is 33.3. The van der Waals surface area contributed by atoms with Gasteiger partial charge in [0.25, 0.3) is 0 Å². The molecule has 2 heteroatoms. The highest BCUT2D eigenvalue weighted by molar-refractivity contribution is 4.95. The van der Waals surface area contributed by atoms with Crippen LogP contribution in [0.2, 0.25) is 0 Å². The zero-order chi connectivity index (χ0) is 14.7. The molecule has 3 aliphatic rings. The van der Waals surface area contributed by atoms with Gasteiger partial charge in [0.1, 0.15) is 0 Å². The average molecular weight is 293 g/mol. The van der Waals surface area contributed by atoms with Crippen LogP contribution in [-0.4, -0.2) is 37.1 Å². The van der Waals surface area contributed by atoms with Crippen LogP contribution in [0.25, 0.3) is 0 Å². The Bertz CT molecular complexity index is 310. The number of rotatable bonds is 5. The van der Waals surface area contributed by atoms with E-state index in [0.29, 0.717) is 0 Å². The highest BCUT2D eigenvalue weighted by Gasteiger charge is 2.41. The van der Waals surface area contributed by atoms with E-state index in [9.17, 15) is 0 Å². The second-order valence-electron chi connectivity index (χ2n) is 8.55. The highest BCUT2D eigenvalue weighted by atomic mass is 15.2. The van der Waals surface area contributed by atoms with E-state index in [1.807, 2.05) is 0 Å². The van der Waals surface area contributed by atoms with Crippen LogP contribution >= 0.6 is 0 Å². The Morgan fingerprint density at radius 3 is 2.29 bits per heavy atom. The zero-order valence-electron chi connectivity index (χ0n) is 14.4. The van der Waals surface area contributed by atoms with Crippen molar-refractivity contribution in [3.63, 3.8) is 0 Å². The maximum absolute atomic E-state index is 3.69. The summed E-state index contributed by atoms with van der Waals surface area (Å²) in [4.78, 5) is 2.85. The van der Waals surface area contributed by atoms with Crippen LogP contribution in [0.4, 0.5) is 0 Å². The van der Waals surface area contributed by atoms with Gasteiger partial charge >= 0.3 is 0 Å². The van der Waals surface area contributed by atoms with Crippen molar-refractivity contribution in [2.75, 3.05) is 26.2 Å². The fourth-order valence-electron chi connectivity index (χ4n) is 4.96. The van der Waals surface area contributed by atoms with Crippen molar-refractivity contribution in [2.45, 2.75) is 77.7 Å². The van der Waals surface area contributed by atoms with Gasteiger partial charge in [-0.15, -0.1) is 0 Å². The van der Waals surface area contributed by atoms with Gasteiger partial charge in [0.15, 0.2) is 0 Å². The summed E-state index contributed by atoms with van der Waals surface area (Å²) in [6.07, 6.45) is 13.5. The lowest BCUT2D eigenvalue weighted by molar-refractivity contribution is -0.00477. The van der Waals surface area contributed by atoms with Crippen LogP contribution in [0.1, 0.15) is 71.6 Å². The molecule has 0 aromatic rings. The molecule has 0 bridgehead atoms. The Labute approximate surface area is 132 Å². The minimum atomic E-state index is 0.768. The van der Waals surface area contributed by atoms with Crippen LogP contribution in [-0.2, 0) is 0 Å². The van der Waals surface area contributed by atoms with E-state index >= 15 is 0 Å². The second-order valence-corrected chi connectivity index (χ2v) is 8.55. The molecule has 2 aliphatic carbocycles. The molecule has 2 unspecified atom stereocenters. The third-order valence-corrected chi connectivity index (χ3v) is 6.58. The molecule has 2 saturated carbocycles. The maximum atomic E-state index is 3.69. The molecule has 122 valence electrons. The molecule has 0 amide bonds. The van der Waals surface area contributed by atoms with Crippen molar-refractivity contribution in [2.24, 2.45) is 17.3 Å². The molecule has 1 heterocycles. The first-order chi connectivity index (χ1) is 10.2. The summed E-state index contributed by atoms with van der Waals surface area (Å²) in [6, 6.07) is 0.908. The summed E-state index contributed by atoms with van der Waals surface area (Å²) in [5.74, 6) is 1.72. The summed E-state index contributed by atoms with van der Waals surface area (Å²) in [5, 5.41) is 3.69. The Balaban J connectivity index is 1.42. The fraction of sp³-hybridized carbons (Fsp3) is 1.00. The molecule has 1 spiro atoms. The Morgan fingerprint density at radius 2 is 1.71 bits per heavy atom. The Kier molecular flexibility index (Phi) is 5.27. The van der Waals surface area contributed by atoms with E-state index in [2.05, 4.69) is 24.1 Å². The van der Waals surface area contributed by atoms with E-state index < -0.39 is 0 Å². The lowest BCUT2D eigenvalue weighted by atomic mass is 9.67. The summed E-state index contributed by atoms with van der Waals surface area (Å²) >= 11 is 0. The third-order valence-electron chi connectivity index (χ3n) is 6.58. The number of hydrogen-bond acceptors (Lipinski definition) is 2. The predicted molar refractivity (Wildman–Crippen MR) is 90.5 cm³/mol. The summed E-state index contributed by atoms with van der Waals surface area (Å²) in [5.41, 5.74) is 0.768. The van der Waals surface area contributed by atoms with Crippen molar-refractivity contribution in [1.29, 1.82) is 0 Å². The van der Waals surface area contributed by atoms with E-state index in [4.69, 9.17) is 0 Å². The summed E-state index contributed by atoms with van der Waals surface area (Å²) < 4.78 is 0. The van der Waals surface area contributed by atoms with Crippen LogP contribution < -0.4 is 5.32 Å². The van der Waals surface area contributed by atoms with Gasteiger partial charge in [0, 0.05) is 6.04 Å². The smallest absolute Gasteiger partial charge is 0.0136 e. The predicted octanol–water partition coefficient (Wildman–Crippen LogP) is 4.06. The first-order valence-corrected chi connectivity index (χ1v) is 9.63. The van der Waals surface area contributed by atoms with Crippen molar-refractivity contribution >= 4 is 0 Å². The minimum absolute atomic E-state index is 0.768. The minimum Gasteiger partial charge on any atom is -0.316 e. The molecule has 3 rings (SSSR count). The Morgan fingerprint density at radius 1 is 1.00 bits per heavy atom. The lowest BCUT2D eigenvalue weighted by Crippen LogP contribution is -2.54. The first-order valence-electron chi connectivity index (χ1n) is 9.63. The third kappa shape index (κ3) is 3.82. The molecule has 2 nitrogen and oxygen atoms in total. The molecule has 1 saturated heterocycles. The van der Waals surface area contributed by atoms with Gasteiger partial charge in [-0.05, 0) is 82.0 Å². The van der Waals surface area contributed by atoms with Crippen molar-refractivity contribution in [1.82, 2.24) is 10.2 Å². The first kappa shape index (κ1) is 15.8. The molecule has 0 aromatic heterocycles. The van der Waals surface area contributed by atoms with E-state index in [0.717, 1.165) is 23.3 Å². The van der Waals surface area contributed by atoms with Gasteiger partial charge < -0.3 is 10.2 Å². The topological polar surface area (TPSA) is 15.3 Å². The van der Waals surface area contributed by atoms with Gasteiger partial charge in [0.05, 0.1) is 0 Å². The van der Waals surface area contributed by atoms with Crippen LogP contribution in [0.15, 0.2) is 0 Å². The SMILES string of the molecule is CC(C)CNCC1CCC1N1CCC2(CCCCC2)CC1. The van der Waals surface area contributed by atoms with E-state index in [1.54, 1.807) is 0 Å². The largest absolute Gasteiger partial charge is 0.316 e. The number of nitrogens with one attached hydrogen (secondary N) is 1. The summed E-state index contributed by atoms with van der Waals surface area (Å²) in [6.45, 7) is 9.84. The summed E-state index contributed by atoms with van der Waals surface area (Å²) in [7, 11) is 0. The van der Waals surface area contributed by atoms with Crippen LogP contribution in [0.3, 0.4) is 0 Å². The lowest BCUT2D eigenvalue weighted by Gasteiger charge is -2.51. The standard InChI is InChI=1S/C19H36N2/c1-16(2)14-20-15-17-6-7-18(17)21-12-10-19(11-13-21)8-4-3-5-9-19/h16-18,20H,3-15H2,1-2H3. The fourth-order valence-corrected chi connectivity index (χ4v) is 4.96. The number of nitrogens with zero attached hydrogens (tertiary/aromatic N) is 1. The van der Waals surface area contributed by atoms with E-state index in [-0.39, 0.29) is 0 Å². The molecule has 3 fully saturated rings. The molecule has 0 aromatic carbocycles. The van der Waals surface area contributed by atoms with Crippen molar-refractivity contribution in [3.05, 3.63) is 0 Å². The number of hydrogen-bond donors (Lipinski definition) is 1. The monoisotopic (exact) mass is 292 g/mol. The molecular weight excluding hydrogens is 256 g/mol. The van der Waals surface area contributed by atoms with Crippen LogP contribution in [0.5, 0.6) is 0 Å². The number of likely N-dealkylation sites (tertiary alicyclic amines) is 1. The van der Waals surface area contributed by atoms with Crippen molar-refractivity contribution < 1.29 is 0 Å². The van der Waals surface area contributed by atoms with E-state index in [1.165, 1.54) is 84.0 Å². The highest BCUT2D eigenvalue weighted by Crippen LogP contribution is 2.46. The molecule has 1 aliphatic heterocycles. The van der Waals surface area contributed by atoms with Gasteiger partial charge in [-0.1, -0.05) is 33.1 Å². The molecule has 21 heavy (non-hydrogen) atoms. The molecular formula is C19H36N2.